The van der Waals surface area contributed by atoms with Crippen LogP contribution in [-0.2, 0) is 5.54 Å². The predicted molar refractivity (Wildman–Crippen MR) is 71.3 cm³/mol. The Bertz CT molecular complexity index is 404. The van der Waals surface area contributed by atoms with Gasteiger partial charge in [0.25, 0.3) is 0 Å². The number of likely N-dealkylation sites (N-methyl/N-ethyl adjacent to an activating group) is 1. The van der Waals surface area contributed by atoms with Gasteiger partial charge in [-0.2, -0.15) is 0 Å². The van der Waals surface area contributed by atoms with Crippen LogP contribution in [0.25, 0.3) is 0 Å². The van der Waals surface area contributed by atoms with Gasteiger partial charge in [-0.05, 0) is 37.6 Å². The van der Waals surface area contributed by atoms with E-state index in [1.165, 1.54) is 11.3 Å². The van der Waals surface area contributed by atoms with Crippen molar-refractivity contribution in [3.05, 3.63) is 29.8 Å². The van der Waals surface area contributed by atoms with E-state index in [1.54, 1.807) is 0 Å². The van der Waals surface area contributed by atoms with E-state index in [2.05, 4.69) is 41.1 Å². The lowest BCUT2D eigenvalue weighted by molar-refractivity contribution is 0.313. The Morgan fingerprint density at radius 2 is 1.82 bits per heavy atom. The predicted octanol–water partition coefficient (Wildman–Crippen LogP) is 1.39. The summed E-state index contributed by atoms with van der Waals surface area (Å²) in [5.41, 5.74) is 8.90. The highest BCUT2D eigenvalue weighted by Gasteiger charge is 2.40. The fraction of sp³-hybridized carbons (Fsp3) is 0.571. The van der Waals surface area contributed by atoms with Gasteiger partial charge in [-0.1, -0.05) is 12.1 Å². The third-order valence-corrected chi connectivity index (χ3v) is 4.08. The minimum absolute atomic E-state index is 0.0113. The molecule has 2 N–H and O–H groups in total. The third-order valence-electron chi connectivity index (χ3n) is 4.08. The van der Waals surface area contributed by atoms with Crippen LogP contribution in [0.3, 0.4) is 0 Å². The molecule has 17 heavy (non-hydrogen) atoms. The Morgan fingerprint density at radius 3 is 2.47 bits per heavy atom. The second-order valence-electron chi connectivity index (χ2n) is 5.50. The van der Waals surface area contributed by atoms with Gasteiger partial charge in [0, 0.05) is 37.4 Å². The van der Waals surface area contributed by atoms with Crippen LogP contribution in [-0.4, -0.2) is 38.1 Å². The van der Waals surface area contributed by atoms with Crippen LogP contribution in [0.15, 0.2) is 24.3 Å². The average Bonchev–Trinajstić information content (AvgIpc) is 3.10. The van der Waals surface area contributed by atoms with Crippen LogP contribution in [0.2, 0.25) is 0 Å². The number of anilines is 1. The Balaban J connectivity index is 1.79. The first-order valence-corrected chi connectivity index (χ1v) is 6.50. The first kappa shape index (κ1) is 11.1. The van der Waals surface area contributed by atoms with Gasteiger partial charge in [0.15, 0.2) is 0 Å². The summed E-state index contributed by atoms with van der Waals surface area (Å²) in [6.45, 7) is 4.55. The lowest BCUT2D eigenvalue weighted by Gasteiger charge is -2.34. The Kier molecular flexibility index (Phi) is 2.60. The Labute approximate surface area is 103 Å². The van der Waals surface area contributed by atoms with Gasteiger partial charge in [0.05, 0.1) is 0 Å². The van der Waals surface area contributed by atoms with E-state index in [9.17, 15) is 0 Å². The summed E-state index contributed by atoms with van der Waals surface area (Å²) in [4.78, 5) is 4.85. The molecule has 2 aliphatic rings. The molecule has 1 aromatic carbocycles. The number of hydrogen-bond acceptors (Lipinski definition) is 3. The topological polar surface area (TPSA) is 32.5 Å². The molecule has 0 bridgehead atoms. The molecule has 3 nitrogen and oxygen atoms in total. The molecule has 1 heterocycles. The number of nitrogens with zero attached hydrogens (tertiary/aromatic N) is 2. The molecule has 1 aromatic rings. The van der Waals surface area contributed by atoms with Crippen molar-refractivity contribution >= 4 is 5.69 Å². The standard InChI is InChI=1S/C14H21N3/c1-16-7-9-17(10-8-16)13-4-2-3-12(11-13)14(15)5-6-14/h2-4,11H,5-10,15H2,1H3. The van der Waals surface area contributed by atoms with Gasteiger partial charge < -0.3 is 15.5 Å². The molecular formula is C14H21N3. The summed E-state index contributed by atoms with van der Waals surface area (Å²) in [5, 5.41) is 0. The zero-order valence-corrected chi connectivity index (χ0v) is 10.5. The summed E-state index contributed by atoms with van der Waals surface area (Å²) in [6, 6.07) is 8.82. The number of nitrogens with two attached hydrogens (primary N) is 1. The van der Waals surface area contributed by atoms with Crippen molar-refractivity contribution in [3.8, 4) is 0 Å². The maximum Gasteiger partial charge on any atom is 0.0412 e. The van der Waals surface area contributed by atoms with E-state index < -0.39 is 0 Å². The minimum Gasteiger partial charge on any atom is -0.369 e. The van der Waals surface area contributed by atoms with E-state index in [4.69, 9.17) is 5.73 Å². The van der Waals surface area contributed by atoms with Crippen molar-refractivity contribution in [1.29, 1.82) is 0 Å². The highest BCUT2D eigenvalue weighted by atomic mass is 15.2. The molecule has 0 amide bonds. The average molecular weight is 231 g/mol. The highest BCUT2D eigenvalue weighted by Crippen LogP contribution is 2.43. The smallest absolute Gasteiger partial charge is 0.0412 e. The van der Waals surface area contributed by atoms with Crippen LogP contribution in [0, 0.1) is 0 Å². The molecule has 1 aliphatic heterocycles. The summed E-state index contributed by atoms with van der Waals surface area (Å²) < 4.78 is 0. The second-order valence-corrected chi connectivity index (χ2v) is 5.50. The van der Waals surface area contributed by atoms with Gasteiger partial charge >= 0.3 is 0 Å². The molecule has 1 saturated carbocycles. The molecular weight excluding hydrogens is 210 g/mol. The maximum absolute atomic E-state index is 6.26. The molecule has 0 spiro atoms. The van der Waals surface area contributed by atoms with E-state index in [0.717, 1.165) is 39.0 Å². The second kappa shape index (κ2) is 4.00. The molecule has 1 aliphatic carbocycles. The normalized spacial score (nSPS) is 23.8. The van der Waals surface area contributed by atoms with Gasteiger partial charge in [0.2, 0.25) is 0 Å². The van der Waals surface area contributed by atoms with Gasteiger partial charge in [-0.25, -0.2) is 0 Å². The number of rotatable bonds is 2. The van der Waals surface area contributed by atoms with Crippen LogP contribution in [0.1, 0.15) is 18.4 Å². The van der Waals surface area contributed by atoms with Crippen molar-refractivity contribution in [1.82, 2.24) is 4.90 Å². The van der Waals surface area contributed by atoms with Crippen molar-refractivity contribution in [3.63, 3.8) is 0 Å². The highest BCUT2D eigenvalue weighted by molar-refractivity contribution is 5.51. The Hall–Kier alpha value is -1.06. The van der Waals surface area contributed by atoms with Gasteiger partial charge in [0.1, 0.15) is 0 Å². The van der Waals surface area contributed by atoms with Crippen molar-refractivity contribution in [2.75, 3.05) is 38.1 Å². The first-order chi connectivity index (χ1) is 8.17. The Morgan fingerprint density at radius 1 is 1.12 bits per heavy atom. The monoisotopic (exact) mass is 231 g/mol. The van der Waals surface area contributed by atoms with Gasteiger partial charge in [-0.3, -0.25) is 0 Å². The van der Waals surface area contributed by atoms with Crippen LogP contribution >= 0.6 is 0 Å². The lowest BCUT2D eigenvalue weighted by Crippen LogP contribution is -2.44. The molecule has 0 aromatic heterocycles. The quantitative estimate of drug-likeness (QED) is 0.835. The molecule has 0 atom stereocenters. The number of piperazine rings is 1. The van der Waals surface area contributed by atoms with E-state index >= 15 is 0 Å². The van der Waals surface area contributed by atoms with Crippen LogP contribution < -0.4 is 10.6 Å². The third kappa shape index (κ3) is 2.17. The lowest BCUT2D eigenvalue weighted by atomic mass is 10.0. The molecule has 0 unspecified atom stereocenters. The summed E-state index contributed by atoms with van der Waals surface area (Å²) in [6.07, 6.45) is 2.28. The molecule has 2 fully saturated rings. The van der Waals surface area contributed by atoms with E-state index in [0.29, 0.717) is 0 Å². The zero-order chi connectivity index (χ0) is 11.9. The number of benzene rings is 1. The molecule has 1 saturated heterocycles. The van der Waals surface area contributed by atoms with Crippen LogP contribution in [0.5, 0.6) is 0 Å². The fourth-order valence-corrected chi connectivity index (χ4v) is 2.50. The van der Waals surface area contributed by atoms with Crippen molar-refractivity contribution in [2.24, 2.45) is 5.73 Å². The molecule has 3 rings (SSSR count). The molecule has 92 valence electrons. The maximum atomic E-state index is 6.26. The van der Waals surface area contributed by atoms with Crippen molar-refractivity contribution in [2.45, 2.75) is 18.4 Å². The molecule has 3 heteroatoms. The zero-order valence-electron chi connectivity index (χ0n) is 10.5. The van der Waals surface area contributed by atoms with E-state index in [-0.39, 0.29) is 5.54 Å². The SMILES string of the molecule is CN1CCN(c2cccc(C3(N)CC3)c2)CC1. The summed E-state index contributed by atoms with van der Waals surface area (Å²) >= 11 is 0. The first-order valence-electron chi connectivity index (χ1n) is 6.50. The summed E-state index contributed by atoms with van der Waals surface area (Å²) in [5.74, 6) is 0. The van der Waals surface area contributed by atoms with E-state index in [1.807, 2.05) is 0 Å². The fourth-order valence-electron chi connectivity index (χ4n) is 2.50. The minimum atomic E-state index is -0.0113. The largest absolute Gasteiger partial charge is 0.369 e. The summed E-state index contributed by atoms with van der Waals surface area (Å²) in [7, 11) is 2.19. The molecule has 0 radical (unpaired) electrons. The van der Waals surface area contributed by atoms with Crippen LogP contribution in [0.4, 0.5) is 5.69 Å². The van der Waals surface area contributed by atoms with Gasteiger partial charge in [-0.15, -0.1) is 0 Å². The number of hydrogen-bond donors (Lipinski definition) is 1. The van der Waals surface area contributed by atoms with Crippen molar-refractivity contribution < 1.29 is 0 Å².